The first kappa shape index (κ1) is 19.8. The van der Waals surface area contributed by atoms with E-state index in [1.165, 1.54) is 58.5 Å². The van der Waals surface area contributed by atoms with Crippen LogP contribution in [0.5, 0.6) is 0 Å². The Kier molecular flexibility index (Phi) is 4.13. The van der Waals surface area contributed by atoms with Crippen molar-refractivity contribution in [2.24, 2.45) is 0 Å². The lowest BCUT2D eigenvalue weighted by atomic mass is 10.1. The van der Waals surface area contributed by atoms with Crippen molar-refractivity contribution in [1.82, 2.24) is 9.55 Å². The van der Waals surface area contributed by atoms with Crippen LogP contribution >= 0.6 is 11.3 Å². The highest BCUT2D eigenvalue weighted by atomic mass is 32.1. The van der Waals surface area contributed by atoms with E-state index in [9.17, 15) is 0 Å². The second-order valence-electron chi connectivity index (χ2n) is 9.22. The van der Waals surface area contributed by atoms with Gasteiger partial charge in [0.15, 0.2) is 0 Å². The topological polar surface area (TPSA) is 17.8 Å². The minimum atomic E-state index is 1.08. The fraction of sp³-hybridized carbons (Fsp3) is 0. The molecule has 0 spiro atoms. The zero-order valence-electron chi connectivity index (χ0n) is 19.3. The smallest absolute Gasteiger partial charge is 0.0902 e. The van der Waals surface area contributed by atoms with Crippen LogP contribution in [0.4, 0.5) is 0 Å². The van der Waals surface area contributed by atoms with Gasteiger partial charge in [-0.3, -0.25) is 4.98 Å². The third-order valence-electron chi connectivity index (χ3n) is 7.25. The van der Waals surface area contributed by atoms with Gasteiger partial charge in [-0.15, -0.1) is 11.3 Å². The van der Waals surface area contributed by atoms with Crippen molar-refractivity contribution in [3.8, 4) is 16.8 Å². The molecule has 168 valence electrons. The van der Waals surface area contributed by atoms with Crippen LogP contribution in [0.25, 0.3) is 69.7 Å². The van der Waals surface area contributed by atoms with Crippen LogP contribution in [-0.2, 0) is 0 Å². The van der Waals surface area contributed by atoms with Gasteiger partial charge in [0, 0.05) is 43.5 Å². The molecular weight excluding hydrogens is 456 g/mol. The zero-order valence-corrected chi connectivity index (χ0v) is 20.2. The number of aromatic nitrogens is 2. The molecule has 0 bridgehead atoms. The Morgan fingerprint density at radius 3 is 2.08 bits per heavy atom. The van der Waals surface area contributed by atoms with Crippen LogP contribution < -0.4 is 0 Å². The number of fused-ring (bicyclic) bond motifs is 9. The Balaban J connectivity index is 1.46. The van der Waals surface area contributed by atoms with Crippen LogP contribution in [0.2, 0.25) is 0 Å². The number of nitrogens with zero attached hydrogens (tertiary/aromatic N) is 2. The van der Waals surface area contributed by atoms with Crippen molar-refractivity contribution >= 4 is 64.2 Å². The van der Waals surface area contributed by atoms with Crippen molar-refractivity contribution in [1.29, 1.82) is 0 Å². The molecule has 0 radical (unpaired) electrons. The summed E-state index contributed by atoms with van der Waals surface area (Å²) in [4.78, 5) is 5.04. The van der Waals surface area contributed by atoms with Crippen molar-refractivity contribution in [3.63, 3.8) is 0 Å². The first-order valence-corrected chi connectivity index (χ1v) is 13.0. The summed E-state index contributed by atoms with van der Waals surface area (Å²) in [6, 6.07) is 41.3. The molecule has 3 heteroatoms. The average molecular weight is 477 g/mol. The summed E-state index contributed by atoms with van der Waals surface area (Å²) in [7, 11) is 0. The van der Waals surface area contributed by atoms with Crippen LogP contribution in [0.1, 0.15) is 0 Å². The van der Waals surface area contributed by atoms with Gasteiger partial charge in [-0.25, -0.2) is 0 Å². The van der Waals surface area contributed by atoms with E-state index in [1.54, 1.807) is 0 Å². The molecule has 8 rings (SSSR count). The number of benzene rings is 5. The summed E-state index contributed by atoms with van der Waals surface area (Å²) in [6.45, 7) is 0. The van der Waals surface area contributed by atoms with Gasteiger partial charge in [0.25, 0.3) is 0 Å². The van der Waals surface area contributed by atoms with E-state index in [4.69, 9.17) is 4.98 Å². The summed E-state index contributed by atoms with van der Waals surface area (Å²) in [5.74, 6) is 0. The van der Waals surface area contributed by atoms with Crippen molar-refractivity contribution in [3.05, 3.63) is 121 Å². The fourth-order valence-corrected chi connectivity index (χ4v) is 6.79. The molecule has 0 saturated heterocycles. The zero-order chi connectivity index (χ0) is 23.6. The Bertz CT molecular complexity index is 2080. The van der Waals surface area contributed by atoms with Gasteiger partial charge in [0.1, 0.15) is 0 Å². The van der Waals surface area contributed by atoms with Crippen LogP contribution in [-0.4, -0.2) is 9.55 Å². The molecule has 2 nitrogen and oxygen atoms in total. The third-order valence-corrected chi connectivity index (χ3v) is 8.44. The van der Waals surface area contributed by atoms with Gasteiger partial charge in [0.05, 0.1) is 21.3 Å². The Labute approximate surface area is 211 Å². The van der Waals surface area contributed by atoms with E-state index in [0.717, 1.165) is 11.2 Å². The van der Waals surface area contributed by atoms with Crippen molar-refractivity contribution < 1.29 is 0 Å². The van der Waals surface area contributed by atoms with Gasteiger partial charge in [0.2, 0.25) is 0 Å². The lowest BCUT2D eigenvalue weighted by molar-refractivity contribution is 1.18. The molecule has 0 aliphatic heterocycles. The first-order valence-electron chi connectivity index (χ1n) is 12.1. The number of pyridine rings is 1. The maximum absolute atomic E-state index is 5.04. The van der Waals surface area contributed by atoms with Crippen LogP contribution in [0.3, 0.4) is 0 Å². The van der Waals surface area contributed by atoms with Crippen LogP contribution in [0, 0.1) is 0 Å². The predicted octanol–water partition coefficient (Wildman–Crippen LogP) is 9.37. The number of rotatable bonds is 2. The molecule has 0 unspecified atom stereocenters. The lowest BCUT2D eigenvalue weighted by Gasteiger charge is -2.11. The van der Waals surface area contributed by atoms with E-state index in [0.29, 0.717) is 0 Å². The summed E-state index contributed by atoms with van der Waals surface area (Å²) >= 11 is 1.84. The highest BCUT2D eigenvalue weighted by Crippen LogP contribution is 2.42. The molecule has 0 fully saturated rings. The molecule has 0 atom stereocenters. The molecule has 0 saturated carbocycles. The largest absolute Gasteiger partial charge is 0.309 e. The standard InChI is InChI=1S/C33H20N2S/c1-2-8-21(9-3-1)22-14-16-23(17-15-22)35-29-12-6-4-10-24(29)28-20-34-31-27(32(28)35)19-18-26-25-11-5-7-13-30(25)36-33(26)31/h1-20H. The van der Waals surface area contributed by atoms with Gasteiger partial charge in [-0.1, -0.05) is 84.9 Å². The molecular formula is C33H20N2S. The fourth-order valence-electron chi connectivity index (χ4n) is 5.59. The molecule has 5 aromatic carbocycles. The maximum Gasteiger partial charge on any atom is 0.0902 e. The van der Waals surface area contributed by atoms with Crippen LogP contribution in [0.15, 0.2) is 121 Å². The summed E-state index contributed by atoms with van der Waals surface area (Å²) in [5.41, 5.74) is 7.10. The average Bonchev–Trinajstić information content (AvgIpc) is 3.50. The highest BCUT2D eigenvalue weighted by molar-refractivity contribution is 7.26. The Morgan fingerprint density at radius 1 is 0.528 bits per heavy atom. The molecule has 0 aliphatic rings. The Hall–Kier alpha value is -4.47. The van der Waals surface area contributed by atoms with Crippen molar-refractivity contribution in [2.75, 3.05) is 0 Å². The second kappa shape index (κ2) is 7.51. The Morgan fingerprint density at radius 2 is 1.22 bits per heavy atom. The number of thiophene rings is 1. The highest BCUT2D eigenvalue weighted by Gasteiger charge is 2.18. The van der Waals surface area contributed by atoms with Gasteiger partial charge >= 0.3 is 0 Å². The van der Waals surface area contributed by atoms with E-state index in [1.807, 2.05) is 11.3 Å². The van der Waals surface area contributed by atoms with Gasteiger partial charge < -0.3 is 4.57 Å². The van der Waals surface area contributed by atoms with Crippen molar-refractivity contribution in [2.45, 2.75) is 0 Å². The molecule has 8 aromatic rings. The summed E-state index contributed by atoms with van der Waals surface area (Å²) < 4.78 is 4.97. The third kappa shape index (κ3) is 2.75. The van der Waals surface area contributed by atoms with E-state index in [2.05, 4.69) is 126 Å². The minimum Gasteiger partial charge on any atom is -0.309 e. The number of hydrogen-bond donors (Lipinski definition) is 0. The normalized spacial score (nSPS) is 11.9. The molecule has 3 heterocycles. The van der Waals surface area contributed by atoms with Gasteiger partial charge in [-0.05, 0) is 41.5 Å². The van der Waals surface area contributed by atoms with E-state index >= 15 is 0 Å². The number of para-hydroxylation sites is 1. The lowest BCUT2D eigenvalue weighted by Crippen LogP contribution is -1.95. The SMILES string of the molecule is c1ccc(-c2ccc(-n3c4ccccc4c4cnc5c(ccc6c7ccccc7sc65)c43)cc2)cc1. The quantitative estimate of drug-likeness (QED) is 0.243. The molecule has 3 aromatic heterocycles. The molecule has 0 aliphatic carbocycles. The van der Waals surface area contributed by atoms with E-state index in [-0.39, 0.29) is 0 Å². The summed E-state index contributed by atoms with van der Waals surface area (Å²) in [6.07, 6.45) is 2.07. The molecule has 0 amide bonds. The maximum atomic E-state index is 5.04. The monoisotopic (exact) mass is 476 g/mol. The summed E-state index contributed by atoms with van der Waals surface area (Å²) in [5, 5.41) is 6.19. The van der Waals surface area contributed by atoms with Gasteiger partial charge in [-0.2, -0.15) is 0 Å². The second-order valence-corrected chi connectivity index (χ2v) is 10.3. The molecule has 0 N–H and O–H groups in total. The predicted molar refractivity (Wildman–Crippen MR) is 154 cm³/mol. The van der Waals surface area contributed by atoms with E-state index < -0.39 is 0 Å². The first-order chi connectivity index (χ1) is 17.9. The number of hydrogen-bond acceptors (Lipinski definition) is 2. The minimum absolute atomic E-state index is 1.08. The molecule has 36 heavy (non-hydrogen) atoms.